The van der Waals surface area contributed by atoms with Gasteiger partial charge < -0.3 is 4.90 Å². The van der Waals surface area contributed by atoms with Crippen molar-refractivity contribution in [1.29, 1.82) is 0 Å². The van der Waals surface area contributed by atoms with Gasteiger partial charge in [0, 0.05) is 37.6 Å². The molecule has 0 N–H and O–H groups in total. The van der Waals surface area contributed by atoms with Crippen LogP contribution in [0.25, 0.3) is 42.4 Å². The Hall–Kier alpha value is -6.22. The van der Waals surface area contributed by atoms with E-state index in [9.17, 15) is 0 Å². The molecule has 1 aromatic heterocycles. The van der Waals surface area contributed by atoms with Crippen LogP contribution in [0, 0.1) is 0 Å². The van der Waals surface area contributed by atoms with Crippen molar-refractivity contribution in [3.8, 4) is 22.3 Å². The van der Waals surface area contributed by atoms with Crippen molar-refractivity contribution >= 4 is 48.6 Å². The molecule has 0 radical (unpaired) electrons. The van der Waals surface area contributed by atoms with E-state index < -0.39 is 0 Å². The molecule has 2 aliphatic carbocycles. The first-order valence-corrected chi connectivity index (χ1v) is 19.7. The summed E-state index contributed by atoms with van der Waals surface area (Å²) in [5.74, 6) is 0. The second kappa shape index (κ2) is 11.6. The highest BCUT2D eigenvalue weighted by atomic mass is 32.1. The molecule has 1 nitrogen and oxygen atoms in total. The number of anilines is 3. The number of rotatable bonds is 5. The number of hydrogen-bond donors (Lipinski definition) is 0. The fourth-order valence-electron chi connectivity index (χ4n) is 9.82. The molecule has 0 spiro atoms. The first-order valence-electron chi connectivity index (χ1n) is 18.9. The molecule has 0 saturated carbocycles. The Morgan fingerprint density at radius 2 is 0.944 bits per heavy atom. The van der Waals surface area contributed by atoms with E-state index in [4.69, 9.17) is 0 Å². The molecule has 2 unspecified atom stereocenters. The standard InChI is InChI=1S/C52H37NS/c1-51(34-17-5-3-6-18-34)42-25-12-9-21-37(42)41-33-36(31-32-44(41)51)53(47-29-15-24-39-38-22-11-14-30-48(38)54-50(39)47)46-28-16-27-45-49(46)40-23-10-13-26-43(40)52(45,2)35-19-7-4-8-20-35/h3-33H,1-2H3. The first-order chi connectivity index (χ1) is 26.6. The maximum atomic E-state index is 2.56. The second-order valence-corrected chi connectivity index (χ2v) is 16.1. The van der Waals surface area contributed by atoms with Crippen LogP contribution in [0.15, 0.2) is 188 Å². The van der Waals surface area contributed by atoms with Crippen molar-refractivity contribution in [3.05, 3.63) is 221 Å². The molecule has 11 rings (SSSR count). The summed E-state index contributed by atoms with van der Waals surface area (Å²) in [4.78, 5) is 2.56. The largest absolute Gasteiger partial charge is 0.308 e. The van der Waals surface area contributed by atoms with Crippen LogP contribution >= 0.6 is 11.3 Å². The molecule has 1 heterocycles. The lowest BCUT2D eigenvalue weighted by Gasteiger charge is -2.31. The zero-order valence-electron chi connectivity index (χ0n) is 30.3. The third kappa shape index (κ3) is 4.20. The Morgan fingerprint density at radius 3 is 1.70 bits per heavy atom. The number of fused-ring (bicyclic) bond motifs is 9. The molecule has 9 aromatic rings. The Morgan fingerprint density at radius 1 is 0.407 bits per heavy atom. The topological polar surface area (TPSA) is 3.24 Å². The molecular formula is C52H37NS. The Labute approximate surface area is 320 Å². The van der Waals surface area contributed by atoms with Crippen molar-refractivity contribution < 1.29 is 0 Å². The number of nitrogens with zero attached hydrogens (tertiary/aromatic N) is 1. The van der Waals surface area contributed by atoms with Gasteiger partial charge >= 0.3 is 0 Å². The predicted molar refractivity (Wildman–Crippen MR) is 229 cm³/mol. The molecule has 54 heavy (non-hydrogen) atoms. The highest BCUT2D eigenvalue weighted by Gasteiger charge is 2.44. The average Bonchev–Trinajstić information content (AvgIpc) is 3.84. The van der Waals surface area contributed by atoms with Gasteiger partial charge in [-0.15, -0.1) is 11.3 Å². The molecule has 0 saturated heterocycles. The summed E-state index contributed by atoms with van der Waals surface area (Å²) >= 11 is 1.89. The van der Waals surface area contributed by atoms with E-state index in [1.807, 2.05) is 11.3 Å². The lowest BCUT2D eigenvalue weighted by molar-refractivity contribution is 0.713. The smallest absolute Gasteiger partial charge is 0.0640 e. The van der Waals surface area contributed by atoms with Crippen LogP contribution in [-0.2, 0) is 10.8 Å². The van der Waals surface area contributed by atoms with Gasteiger partial charge in [0.15, 0.2) is 0 Å². The fourth-order valence-corrected chi connectivity index (χ4v) is 11.0. The SMILES string of the molecule is CC1(c2ccccc2)c2ccccc2-c2cc(N(c3cccc4c3-c3ccccc3C4(C)c3ccccc3)c3cccc4c3sc3ccccc34)ccc21. The van der Waals surface area contributed by atoms with Gasteiger partial charge in [0.25, 0.3) is 0 Å². The zero-order chi connectivity index (χ0) is 36.0. The van der Waals surface area contributed by atoms with E-state index in [1.165, 1.54) is 87.2 Å². The molecule has 0 fully saturated rings. The van der Waals surface area contributed by atoms with Crippen molar-refractivity contribution in [1.82, 2.24) is 0 Å². The molecule has 256 valence electrons. The monoisotopic (exact) mass is 707 g/mol. The van der Waals surface area contributed by atoms with Gasteiger partial charge in [-0.05, 0) is 94.3 Å². The summed E-state index contributed by atoms with van der Waals surface area (Å²) < 4.78 is 2.60. The summed E-state index contributed by atoms with van der Waals surface area (Å²) in [5, 5.41) is 2.60. The summed E-state index contributed by atoms with van der Waals surface area (Å²) in [6, 6.07) is 70.0. The molecule has 0 amide bonds. The minimum atomic E-state index is -0.299. The van der Waals surface area contributed by atoms with E-state index in [0.29, 0.717) is 0 Å². The van der Waals surface area contributed by atoms with Crippen LogP contribution in [0.3, 0.4) is 0 Å². The zero-order valence-corrected chi connectivity index (χ0v) is 31.1. The third-order valence-corrected chi connectivity index (χ3v) is 13.6. The lowest BCUT2D eigenvalue weighted by atomic mass is 9.74. The third-order valence-electron chi connectivity index (χ3n) is 12.4. The van der Waals surface area contributed by atoms with E-state index in [0.717, 1.165) is 5.69 Å². The number of hydrogen-bond acceptors (Lipinski definition) is 2. The summed E-state index contributed by atoms with van der Waals surface area (Å²) in [6.45, 7) is 4.80. The Kier molecular flexibility index (Phi) is 6.75. The van der Waals surface area contributed by atoms with Gasteiger partial charge in [0.2, 0.25) is 0 Å². The van der Waals surface area contributed by atoms with Crippen LogP contribution in [0.4, 0.5) is 17.1 Å². The molecular weight excluding hydrogens is 671 g/mol. The maximum absolute atomic E-state index is 2.56. The minimum Gasteiger partial charge on any atom is -0.308 e. The van der Waals surface area contributed by atoms with Crippen molar-refractivity contribution in [3.63, 3.8) is 0 Å². The fraction of sp³-hybridized carbons (Fsp3) is 0.0769. The number of thiophene rings is 1. The first kappa shape index (κ1) is 31.3. The summed E-state index contributed by atoms with van der Waals surface area (Å²) in [6.07, 6.45) is 0. The predicted octanol–water partition coefficient (Wildman–Crippen LogP) is 14.2. The van der Waals surface area contributed by atoms with E-state index >= 15 is 0 Å². The molecule has 2 heteroatoms. The maximum Gasteiger partial charge on any atom is 0.0640 e. The highest BCUT2D eigenvalue weighted by molar-refractivity contribution is 7.26. The van der Waals surface area contributed by atoms with Crippen LogP contribution in [-0.4, -0.2) is 0 Å². The molecule has 2 atom stereocenters. The highest BCUT2D eigenvalue weighted by Crippen LogP contribution is 2.59. The van der Waals surface area contributed by atoms with Gasteiger partial charge in [-0.2, -0.15) is 0 Å². The van der Waals surface area contributed by atoms with Crippen molar-refractivity contribution in [2.45, 2.75) is 24.7 Å². The van der Waals surface area contributed by atoms with Crippen molar-refractivity contribution in [2.24, 2.45) is 0 Å². The lowest BCUT2D eigenvalue weighted by Crippen LogP contribution is -2.22. The molecule has 0 aliphatic heterocycles. The van der Waals surface area contributed by atoms with Gasteiger partial charge in [-0.25, -0.2) is 0 Å². The van der Waals surface area contributed by atoms with Crippen molar-refractivity contribution in [2.75, 3.05) is 4.90 Å². The molecule has 8 aromatic carbocycles. The minimum absolute atomic E-state index is 0.257. The molecule has 2 aliphatic rings. The van der Waals surface area contributed by atoms with E-state index in [-0.39, 0.29) is 10.8 Å². The van der Waals surface area contributed by atoms with Gasteiger partial charge in [0.05, 0.1) is 16.1 Å². The van der Waals surface area contributed by atoms with Crippen LogP contribution in [0.5, 0.6) is 0 Å². The Bertz CT molecular complexity index is 2920. The van der Waals surface area contributed by atoms with Gasteiger partial charge in [-0.3, -0.25) is 0 Å². The van der Waals surface area contributed by atoms with Crippen LogP contribution in [0.1, 0.15) is 47.2 Å². The average molecular weight is 708 g/mol. The normalized spacial score (nSPS) is 18.0. The Balaban J connectivity index is 1.22. The quantitative estimate of drug-likeness (QED) is 0.172. The van der Waals surface area contributed by atoms with Crippen LogP contribution in [0.2, 0.25) is 0 Å². The van der Waals surface area contributed by atoms with E-state index in [1.54, 1.807) is 0 Å². The summed E-state index contributed by atoms with van der Waals surface area (Å²) in [5.41, 5.74) is 16.2. The van der Waals surface area contributed by atoms with Crippen LogP contribution < -0.4 is 4.90 Å². The van der Waals surface area contributed by atoms with Gasteiger partial charge in [-0.1, -0.05) is 158 Å². The summed E-state index contributed by atoms with van der Waals surface area (Å²) in [7, 11) is 0. The van der Waals surface area contributed by atoms with E-state index in [2.05, 4.69) is 207 Å². The molecule has 0 bridgehead atoms. The second-order valence-electron chi connectivity index (χ2n) is 15.1. The number of benzene rings is 8. The van der Waals surface area contributed by atoms with Gasteiger partial charge in [0.1, 0.15) is 0 Å².